The number of aromatic nitrogens is 1. The molecule has 1 N–H and O–H groups in total. The zero-order chi connectivity index (χ0) is 12.3. The maximum atomic E-state index is 10.3. The highest BCUT2D eigenvalue weighted by Crippen LogP contribution is 2.13. The number of piperazine rings is 1. The lowest BCUT2D eigenvalue weighted by Gasteiger charge is -2.40. The molecule has 0 aliphatic carbocycles. The zero-order valence-electron chi connectivity index (χ0n) is 10.6. The van der Waals surface area contributed by atoms with Crippen LogP contribution >= 0.6 is 0 Å². The van der Waals surface area contributed by atoms with Crippen molar-refractivity contribution in [2.75, 3.05) is 33.7 Å². The van der Waals surface area contributed by atoms with Crippen LogP contribution < -0.4 is 0 Å². The summed E-state index contributed by atoms with van der Waals surface area (Å²) in [4.78, 5) is 8.53. The number of rotatable bonds is 3. The van der Waals surface area contributed by atoms with E-state index in [2.05, 4.69) is 28.9 Å². The monoisotopic (exact) mass is 235 g/mol. The summed E-state index contributed by atoms with van der Waals surface area (Å²) in [6.07, 6.45) is 3.94. The number of hydrogen-bond donors (Lipinski definition) is 1. The first-order chi connectivity index (χ1) is 8.16. The Bertz CT molecular complexity index is 344. The molecule has 0 radical (unpaired) electrons. The fraction of sp³-hybridized carbons (Fsp3) is 0.615. The summed E-state index contributed by atoms with van der Waals surface area (Å²) in [5, 5.41) is 10.3. The van der Waals surface area contributed by atoms with Crippen molar-refractivity contribution in [2.24, 2.45) is 0 Å². The molecule has 1 aliphatic rings. The first kappa shape index (κ1) is 12.5. The van der Waals surface area contributed by atoms with Gasteiger partial charge in [0.25, 0.3) is 0 Å². The first-order valence-electron chi connectivity index (χ1n) is 6.12. The summed E-state index contributed by atoms with van der Waals surface area (Å²) in [5.74, 6) is 0. The van der Waals surface area contributed by atoms with Crippen LogP contribution in [0.15, 0.2) is 24.5 Å². The Morgan fingerprint density at radius 2 is 2.06 bits per heavy atom. The van der Waals surface area contributed by atoms with Gasteiger partial charge in [0.15, 0.2) is 0 Å². The van der Waals surface area contributed by atoms with Crippen molar-refractivity contribution in [1.82, 2.24) is 14.8 Å². The Labute approximate surface area is 103 Å². The molecular weight excluding hydrogens is 214 g/mol. The summed E-state index contributed by atoms with van der Waals surface area (Å²) < 4.78 is 0. The molecule has 2 heterocycles. The highest BCUT2D eigenvalue weighted by molar-refractivity contribution is 5.11. The van der Waals surface area contributed by atoms with E-state index in [1.807, 2.05) is 12.1 Å². The minimum Gasteiger partial charge on any atom is -0.391 e. The molecular formula is C13H21N3O. The van der Waals surface area contributed by atoms with Crippen LogP contribution in [0.1, 0.15) is 5.56 Å². The molecule has 1 saturated heterocycles. The third kappa shape index (κ3) is 3.25. The second-order valence-corrected chi connectivity index (χ2v) is 4.94. The SMILES string of the molecule is CN1CCN(C)C(C(O)Cc2ccncc2)C1. The molecule has 0 bridgehead atoms. The van der Waals surface area contributed by atoms with Gasteiger partial charge in [-0.25, -0.2) is 0 Å². The van der Waals surface area contributed by atoms with Crippen LogP contribution in [-0.2, 0) is 6.42 Å². The van der Waals surface area contributed by atoms with Crippen molar-refractivity contribution >= 4 is 0 Å². The second-order valence-electron chi connectivity index (χ2n) is 4.94. The molecule has 1 fully saturated rings. The molecule has 0 spiro atoms. The molecule has 0 aromatic carbocycles. The van der Waals surface area contributed by atoms with Gasteiger partial charge >= 0.3 is 0 Å². The highest BCUT2D eigenvalue weighted by Gasteiger charge is 2.28. The summed E-state index contributed by atoms with van der Waals surface area (Å²) in [7, 11) is 4.20. The van der Waals surface area contributed by atoms with Crippen LogP contribution in [0, 0.1) is 0 Å². The van der Waals surface area contributed by atoms with Crippen LogP contribution in [0.3, 0.4) is 0 Å². The van der Waals surface area contributed by atoms with Gasteiger partial charge in [0.2, 0.25) is 0 Å². The van der Waals surface area contributed by atoms with Crippen molar-refractivity contribution < 1.29 is 5.11 Å². The molecule has 0 amide bonds. The van der Waals surface area contributed by atoms with E-state index in [-0.39, 0.29) is 12.1 Å². The lowest BCUT2D eigenvalue weighted by atomic mass is 10.00. The van der Waals surface area contributed by atoms with E-state index in [1.165, 1.54) is 0 Å². The molecule has 2 atom stereocenters. The smallest absolute Gasteiger partial charge is 0.0747 e. The Morgan fingerprint density at radius 3 is 2.76 bits per heavy atom. The predicted molar refractivity (Wildman–Crippen MR) is 67.9 cm³/mol. The number of hydrogen-bond acceptors (Lipinski definition) is 4. The van der Waals surface area contributed by atoms with E-state index in [4.69, 9.17) is 0 Å². The number of pyridine rings is 1. The van der Waals surface area contributed by atoms with Crippen molar-refractivity contribution in [3.63, 3.8) is 0 Å². The van der Waals surface area contributed by atoms with Crippen molar-refractivity contribution in [2.45, 2.75) is 18.6 Å². The number of aliphatic hydroxyl groups is 1. The third-order valence-corrected chi connectivity index (χ3v) is 3.54. The van der Waals surface area contributed by atoms with Gasteiger partial charge in [-0.3, -0.25) is 9.88 Å². The maximum Gasteiger partial charge on any atom is 0.0747 e. The molecule has 17 heavy (non-hydrogen) atoms. The number of nitrogens with zero attached hydrogens (tertiary/aromatic N) is 3. The molecule has 2 unspecified atom stereocenters. The zero-order valence-corrected chi connectivity index (χ0v) is 10.6. The Morgan fingerprint density at radius 1 is 1.35 bits per heavy atom. The Kier molecular flexibility index (Phi) is 4.10. The maximum absolute atomic E-state index is 10.3. The third-order valence-electron chi connectivity index (χ3n) is 3.54. The summed E-state index contributed by atoms with van der Waals surface area (Å²) in [6.45, 7) is 3.03. The van der Waals surface area contributed by atoms with Crippen LogP contribution in [0.25, 0.3) is 0 Å². The molecule has 4 heteroatoms. The fourth-order valence-electron chi connectivity index (χ4n) is 2.36. The lowest BCUT2D eigenvalue weighted by Crippen LogP contribution is -2.55. The van der Waals surface area contributed by atoms with Gasteiger partial charge in [0, 0.05) is 44.5 Å². The molecule has 4 nitrogen and oxygen atoms in total. The normalized spacial score (nSPS) is 24.8. The number of likely N-dealkylation sites (N-methyl/N-ethyl adjacent to an activating group) is 2. The predicted octanol–water partition coefficient (Wildman–Crippen LogP) is 0.231. The van der Waals surface area contributed by atoms with Gasteiger partial charge in [-0.15, -0.1) is 0 Å². The minimum absolute atomic E-state index is 0.224. The van der Waals surface area contributed by atoms with Gasteiger partial charge in [-0.1, -0.05) is 0 Å². The highest BCUT2D eigenvalue weighted by atomic mass is 16.3. The van der Waals surface area contributed by atoms with Crippen molar-refractivity contribution in [3.05, 3.63) is 30.1 Å². The average Bonchev–Trinajstić information content (AvgIpc) is 2.33. The number of aliphatic hydroxyl groups excluding tert-OH is 1. The summed E-state index contributed by atoms with van der Waals surface area (Å²) >= 11 is 0. The summed E-state index contributed by atoms with van der Waals surface area (Å²) in [5.41, 5.74) is 1.15. The van der Waals surface area contributed by atoms with E-state index < -0.39 is 0 Å². The largest absolute Gasteiger partial charge is 0.391 e. The standard InChI is InChI=1S/C13H21N3O/c1-15-7-8-16(2)12(10-15)13(17)9-11-3-5-14-6-4-11/h3-6,12-13,17H,7-10H2,1-2H3. The van der Waals surface area contributed by atoms with Gasteiger partial charge < -0.3 is 10.0 Å². The van der Waals surface area contributed by atoms with Crippen LogP contribution in [0.5, 0.6) is 0 Å². The lowest BCUT2D eigenvalue weighted by molar-refractivity contribution is 0.0153. The molecule has 94 valence electrons. The van der Waals surface area contributed by atoms with Crippen molar-refractivity contribution in [1.29, 1.82) is 0 Å². The van der Waals surface area contributed by atoms with E-state index in [1.54, 1.807) is 12.4 Å². The van der Waals surface area contributed by atoms with Crippen LogP contribution in [0.4, 0.5) is 0 Å². The van der Waals surface area contributed by atoms with E-state index in [9.17, 15) is 5.11 Å². The topological polar surface area (TPSA) is 39.6 Å². The molecule has 1 aromatic heterocycles. The van der Waals surface area contributed by atoms with E-state index in [0.29, 0.717) is 6.42 Å². The Hall–Kier alpha value is -0.970. The molecule has 2 rings (SSSR count). The van der Waals surface area contributed by atoms with Crippen LogP contribution in [0.2, 0.25) is 0 Å². The quantitative estimate of drug-likeness (QED) is 0.814. The molecule has 1 aliphatic heterocycles. The minimum atomic E-state index is -0.315. The van der Waals surface area contributed by atoms with Crippen LogP contribution in [-0.4, -0.2) is 65.8 Å². The van der Waals surface area contributed by atoms with Gasteiger partial charge in [-0.2, -0.15) is 0 Å². The molecule has 1 aromatic rings. The van der Waals surface area contributed by atoms with Gasteiger partial charge in [0.05, 0.1) is 6.10 Å². The van der Waals surface area contributed by atoms with Crippen molar-refractivity contribution in [3.8, 4) is 0 Å². The van der Waals surface area contributed by atoms with E-state index in [0.717, 1.165) is 25.2 Å². The molecule has 0 saturated carbocycles. The fourth-order valence-corrected chi connectivity index (χ4v) is 2.36. The first-order valence-corrected chi connectivity index (χ1v) is 6.12. The van der Waals surface area contributed by atoms with Gasteiger partial charge in [0.1, 0.15) is 0 Å². The summed E-state index contributed by atoms with van der Waals surface area (Å²) in [6, 6.07) is 4.16. The van der Waals surface area contributed by atoms with Gasteiger partial charge in [-0.05, 0) is 31.8 Å². The van der Waals surface area contributed by atoms with E-state index >= 15 is 0 Å². The average molecular weight is 235 g/mol. The second kappa shape index (κ2) is 5.58. The Balaban J connectivity index is 1.97.